The quantitative estimate of drug-likeness (QED) is 0.750. The zero-order valence-electron chi connectivity index (χ0n) is 11.3. The van der Waals surface area contributed by atoms with E-state index in [0.717, 1.165) is 5.56 Å². The number of imide groups is 1. The van der Waals surface area contributed by atoms with Gasteiger partial charge in [-0.05, 0) is 26.8 Å². The Morgan fingerprint density at radius 2 is 2.16 bits per heavy atom. The number of pyridine rings is 1. The summed E-state index contributed by atoms with van der Waals surface area (Å²) in [5.74, 6) is -0.0682. The van der Waals surface area contributed by atoms with Crippen LogP contribution in [0.3, 0.4) is 0 Å². The predicted octanol–water partition coefficient (Wildman–Crippen LogP) is 0.343. The van der Waals surface area contributed by atoms with Crippen LogP contribution >= 0.6 is 0 Å². The lowest BCUT2D eigenvalue weighted by molar-refractivity contribution is -0.135. The molecule has 0 unspecified atom stereocenters. The molecule has 2 heterocycles. The van der Waals surface area contributed by atoms with Crippen LogP contribution in [0.25, 0.3) is 0 Å². The molecule has 0 aromatic carbocycles. The Morgan fingerprint density at radius 3 is 2.79 bits per heavy atom. The van der Waals surface area contributed by atoms with E-state index in [0.29, 0.717) is 5.82 Å². The van der Waals surface area contributed by atoms with Gasteiger partial charge in [-0.3, -0.25) is 14.9 Å². The van der Waals surface area contributed by atoms with Crippen molar-refractivity contribution in [2.24, 2.45) is 5.73 Å². The van der Waals surface area contributed by atoms with Gasteiger partial charge in [-0.25, -0.2) is 4.98 Å². The number of piperazine rings is 1. The van der Waals surface area contributed by atoms with Gasteiger partial charge in [0.15, 0.2) is 0 Å². The Bertz CT molecular complexity index is 525. The van der Waals surface area contributed by atoms with Gasteiger partial charge in [-0.1, -0.05) is 6.07 Å². The van der Waals surface area contributed by atoms with E-state index in [1.54, 1.807) is 31.0 Å². The number of nitrogens with zero attached hydrogens (tertiary/aromatic N) is 2. The molecule has 19 heavy (non-hydrogen) atoms. The van der Waals surface area contributed by atoms with Gasteiger partial charge in [-0.15, -0.1) is 0 Å². The monoisotopic (exact) mass is 262 g/mol. The van der Waals surface area contributed by atoms with Crippen LogP contribution in [-0.4, -0.2) is 28.9 Å². The van der Waals surface area contributed by atoms with Gasteiger partial charge in [0.25, 0.3) is 5.91 Å². The average molecular weight is 262 g/mol. The van der Waals surface area contributed by atoms with Gasteiger partial charge in [-0.2, -0.15) is 0 Å². The highest BCUT2D eigenvalue weighted by atomic mass is 16.2. The highest BCUT2D eigenvalue weighted by Crippen LogP contribution is 2.29. The molecule has 1 aliphatic heterocycles. The summed E-state index contributed by atoms with van der Waals surface area (Å²) in [5.41, 5.74) is 5.90. The number of rotatable bonds is 2. The molecule has 0 bridgehead atoms. The molecule has 2 rings (SSSR count). The minimum absolute atomic E-state index is 0.0927. The van der Waals surface area contributed by atoms with Crippen LogP contribution in [0.15, 0.2) is 18.3 Å². The summed E-state index contributed by atoms with van der Waals surface area (Å²) in [6.07, 6.45) is 1.63. The third-order valence-corrected chi connectivity index (χ3v) is 3.35. The maximum atomic E-state index is 12.0. The molecule has 0 saturated carbocycles. The molecule has 6 nitrogen and oxygen atoms in total. The Morgan fingerprint density at radius 1 is 1.47 bits per heavy atom. The number of hydrogen-bond acceptors (Lipinski definition) is 5. The second-order valence-corrected chi connectivity index (χ2v) is 5.23. The van der Waals surface area contributed by atoms with Crippen molar-refractivity contribution >= 4 is 17.6 Å². The minimum Gasteiger partial charge on any atom is -0.333 e. The van der Waals surface area contributed by atoms with E-state index in [2.05, 4.69) is 10.3 Å². The lowest BCUT2D eigenvalue weighted by atomic mass is 9.97. The molecular weight excluding hydrogens is 244 g/mol. The molecule has 0 radical (unpaired) electrons. The maximum absolute atomic E-state index is 12.0. The second kappa shape index (κ2) is 4.62. The van der Waals surface area contributed by atoms with Crippen LogP contribution in [0.1, 0.15) is 32.4 Å². The van der Waals surface area contributed by atoms with Crippen molar-refractivity contribution in [2.75, 3.05) is 11.4 Å². The van der Waals surface area contributed by atoms with Gasteiger partial charge in [0.05, 0.1) is 6.54 Å². The van der Waals surface area contributed by atoms with Crippen LogP contribution in [-0.2, 0) is 9.59 Å². The Kier molecular flexibility index (Phi) is 3.28. The van der Waals surface area contributed by atoms with Crippen molar-refractivity contribution in [3.63, 3.8) is 0 Å². The summed E-state index contributed by atoms with van der Waals surface area (Å²) in [6, 6.07) is 3.43. The first kappa shape index (κ1) is 13.5. The molecule has 0 aliphatic carbocycles. The van der Waals surface area contributed by atoms with Crippen LogP contribution in [0.4, 0.5) is 5.82 Å². The summed E-state index contributed by atoms with van der Waals surface area (Å²) < 4.78 is 0. The highest BCUT2D eigenvalue weighted by Gasteiger charge is 2.42. The number of hydrogen-bond donors (Lipinski definition) is 2. The number of nitrogens with two attached hydrogens (primary N) is 1. The molecule has 2 amide bonds. The smallest absolute Gasteiger partial charge is 0.251 e. The van der Waals surface area contributed by atoms with E-state index < -0.39 is 5.54 Å². The predicted molar refractivity (Wildman–Crippen MR) is 71.4 cm³/mol. The zero-order valence-corrected chi connectivity index (χ0v) is 11.3. The van der Waals surface area contributed by atoms with Crippen molar-refractivity contribution < 1.29 is 9.59 Å². The van der Waals surface area contributed by atoms with Crippen LogP contribution in [0, 0.1) is 0 Å². The van der Waals surface area contributed by atoms with E-state index in [1.807, 2.05) is 13.0 Å². The lowest BCUT2D eigenvalue weighted by Gasteiger charge is -2.41. The molecule has 1 aliphatic rings. The number of aromatic nitrogens is 1. The maximum Gasteiger partial charge on any atom is 0.251 e. The molecule has 1 fully saturated rings. The molecule has 1 atom stereocenters. The summed E-state index contributed by atoms with van der Waals surface area (Å²) in [7, 11) is 0. The van der Waals surface area contributed by atoms with Gasteiger partial charge in [0.2, 0.25) is 5.91 Å². The molecule has 102 valence electrons. The topological polar surface area (TPSA) is 88.3 Å². The fourth-order valence-electron chi connectivity index (χ4n) is 2.11. The summed E-state index contributed by atoms with van der Waals surface area (Å²) in [5, 5.41) is 2.34. The van der Waals surface area contributed by atoms with Crippen molar-refractivity contribution in [3.05, 3.63) is 23.9 Å². The van der Waals surface area contributed by atoms with E-state index in [9.17, 15) is 9.59 Å². The van der Waals surface area contributed by atoms with Crippen molar-refractivity contribution in [2.45, 2.75) is 32.4 Å². The second-order valence-electron chi connectivity index (χ2n) is 5.23. The highest BCUT2D eigenvalue weighted by molar-refractivity contribution is 6.06. The number of nitrogens with one attached hydrogen (secondary N) is 1. The zero-order chi connectivity index (χ0) is 14.2. The normalized spacial score (nSPS) is 20.1. The molecule has 6 heteroatoms. The first-order valence-electron chi connectivity index (χ1n) is 6.16. The number of anilines is 1. The van der Waals surface area contributed by atoms with Crippen LogP contribution < -0.4 is 16.0 Å². The summed E-state index contributed by atoms with van der Waals surface area (Å²) >= 11 is 0. The first-order chi connectivity index (χ1) is 8.84. The van der Waals surface area contributed by atoms with Gasteiger partial charge >= 0.3 is 0 Å². The summed E-state index contributed by atoms with van der Waals surface area (Å²) in [4.78, 5) is 29.6. The molecule has 1 aromatic rings. The SMILES string of the molecule is C[C@H](N)c1cccnc1N1CC(=O)NC(=O)C1(C)C. The van der Waals surface area contributed by atoms with E-state index in [-0.39, 0.29) is 24.4 Å². The van der Waals surface area contributed by atoms with E-state index in [4.69, 9.17) is 5.73 Å². The van der Waals surface area contributed by atoms with Crippen molar-refractivity contribution in [3.8, 4) is 0 Å². The molecule has 1 saturated heterocycles. The molecule has 3 N–H and O–H groups in total. The average Bonchev–Trinajstić information content (AvgIpc) is 2.34. The van der Waals surface area contributed by atoms with Crippen molar-refractivity contribution in [1.82, 2.24) is 10.3 Å². The molecular formula is C13H18N4O2. The van der Waals surface area contributed by atoms with Crippen LogP contribution in [0.2, 0.25) is 0 Å². The third-order valence-electron chi connectivity index (χ3n) is 3.35. The number of carbonyl (C=O) groups is 2. The lowest BCUT2D eigenvalue weighted by Crippen LogP contribution is -2.64. The minimum atomic E-state index is -0.841. The summed E-state index contributed by atoms with van der Waals surface area (Å²) in [6.45, 7) is 5.46. The molecule has 1 aromatic heterocycles. The van der Waals surface area contributed by atoms with Gasteiger partial charge < -0.3 is 10.6 Å². The van der Waals surface area contributed by atoms with Gasteiger partial charge in [0.1, 0.15) is 11.4 Å². The fraction of sp³-hybridized carbons (Fsp3) is 0.462. The van der Waals surface area contributed by atoms with Gasteiger partial charge in [0, 0.05) is 17.8 Å². The first-order valence-corrected chi connectivity index (χ1v) is 6.16. The standard InChI is InChI=1S/C13H18N4O2/c1-8(14)9-5-4-6-15-11(9)17-7-10(18)16-12(19)13(17,2)3/h4-6,8H,7,14H2,1-3H3,(H,16,18,19)/t8-/m0/s1. The number of carbonyl (C=O) groups excluding carboxylic acids is 2. The Hall–Kier alpha value is -1.95. The van der Waals surface area contributed by atoms with E-state index in [1.165, 1.54) is 0 Å². The number of amides is 2. The fourth-order valence-corrected chi connectivity index (χ4v) is 2.11. The largest absolute Gasteiger partial charge is 0.333 e. The van der Waals surface area contributed by atoms with Crippen molar-refractivity contribution in [1.29, 1.82) is 0 Å². The Labute approximate surface area is 112 Å². The Balaban J connectivity index is 2.50. The molecule has 0 spiro atoms. The van der Waals surface area contributed by atoms with E-state index >= 15 is 0 Å². The van der Waals surface area contributed by atoms with Crippen LogP contribution in [0.5, 0.6) is 0 Å². The third kappa shape index (κ3) is 2.31.